The summed E-state index contributed by atoms with van der Waals surface area (Å²) in [5, 5.41) is 9.64. The van der Waals surface area contributed by atoms with Gasteiger partial charge in [0.05, 0.1) is 19.1 Å². The Morgan fingerprint density at radius 1 is 1.46 bits per heavy atom. The fraction of sp³-hybridized carbons (Fsp3) is 0.889. The first-order valence-electron chi connectivity index (χ1n) is 4.59. The molecule has 1 aliphatic heterocycles. The highest BCUT2D eigenvalue weighted by molar-refractivity contribution is 5.72. The minimum atomic E-state index is -0.544. The number of ether oxygens (including phenoxy) is 1. The highest BCUT2D eigenvalue weighted by atomic mass is 16.5. The quantitative estimate of drug-likeness (QED) is 0.581. The third kappa shape index (κ3) is 2.67. The minimum absolute atomic E-state index is 0.289. The van der Waals surface area contributed by atoms with Gasteiger partial charge in [0.25, 0.3) is 0 Å². The number of aliphatic hydroxyl groups is 1. The lowest BCUT2D eigenvalue weighted by atomic mass is 9.98. The molecule has 0 saturated carbocycles. The van der Waals surface area contributed by atoms with E-state index in [1.54, 1.807) is 0 Å². The van der Waals surface area contributed by atoms with Crippen LogP contribution in [0.2, 0.25) is 0 Å². The zero-order valence-electron chi connectivity index (χ0n) is 8.19. The average Bonchev–Trinajstić information content (AvgIpc) is 2.28. The number of aliphatic hydroxyl groups excluding tert-OH is 1. The van der Waals surface area contributed by atoms with Crippen molar-refractivity contribution in [2.24, 2.45) is 5.92 Å². The smallest absolute Gasteiger partial charge is 0.311 e. The molecule has 0 unspecified atom stereocenters. The maximum Gasteiger partial charge on any atom is 0.311 e. The van der Waals surface area contributed by atoms with Gasteiger partial charge in [0.2, 0.25) is 0 Å². The van der Waals surface area contributed by atoms with Crippen molar-refractivity contribution in [2.75, 3.05) is 27.2 Å². The Morgan fingerprint density at radius 3 is 2.69 bits per heavy atom. The Kier molecular flexibility index (Phi) is 3.69. The number of carbonyl (C=O) groups is 1. The summed E-state index contributed by atoms with van der Waals surface area (Å²) in [6.07, 6.45) is 0.790. The number of hydrogen-bond donors (Lipinski definition) is 1. The van der Waals surface area contributed by atoms with Crippen molar-refractivity contribution < 1.29 is 14.6 Å². The van der Waals surface area contributed by atoms with E-state index in [0.29, 0.717) is 12.8 Å². The number of rotatable bonds is 1. The molecule has 76 valence electrons. The monoisotopic (exact) mass is 187 g/mol. The average molecular weight is 187 g/mol. The van der Waals surface area contributed by atoms with Crippen molar-refractivity contribution in [1.29, 1.82) is 0 Å². The third-order valence-electron chi connectivity index (χ3n) is 2.60. The Balaban J connectivity index is 2.56. The van der Waals surface area contributed by atoms with Crippen LogP contribution in [0.3, 0.4) is 0 Å². The summed E-state index contributed by atoms with van der Waals surface area (Å²) in [4.78, 5) is 13.4. The van der Waals surface area contributed by atoms with Crippen LogP contribution in [0, 0.1) is 5.92 Å². The molecule has 1 aliphatic rings. The molecular formula is C9H17NO3. The lowest BCUT2D eigenvalue weighted by molar-refractivity contribution is -0.149. The molecule has 0 aromatic carbocycles. The molecule has 0 aromatic heterocycles. The van der Waals surface area contributed by atoms with Gasteiger partial charge in [0, 0.05) is 6.54 Å². The van der Waals surface area contributed by atoms with Gasteiger partial charge in [0.1, 0.15) is 0 Å². The summed E-state index contributed by atoms with van der Waals surface area (Å²) in [6, 6.07) is 0. The van der Waals surface area contributed by atoms with Crippen LogP contribution >= 0.6 is 0 Å². The minimum Gasteiger partial charge on any atom is -0.469 e. The first-order chi connectivity index (χ1) is 6.15. The molecule has 0 aromatic rings. The Hall–Kier alpha value is -0.610. The number of nitrogens with zero attached hydrogens (tertiary/aromatic N) is 1. The first kappa shape index (κ1) is 10.5. The molecule has 1 saturated heterocycles. The fourth-order valence-corrected chi connectivity index (χ4v) is 1.64. The number of esters is 1. The van der Waals surface area contributed by atoms with Crippen molar-refractivity contribution in [2.45, 2.75) is 18.9 Å². The second-order valence-corrected chi connectivity index (χ2v) is 3.58. The molecule has 4 nitrogen and oxygen atoms in total. The lowest BCUT2D eigenvalue weighted by Crippen LogP contribution is -2.28. The summed E-state index contributed by atoms with van der Waals surface area (Å²) < 4.78 is 4.63. The van der Waals surface area contributed by atoms with Crippen LogP contribution in [0.4, 0.5) is 0 Å². The van der Waals surface area contributed by atoms with E-state index in [9.17, 15) is 9.90 Å². The van der Waals surface area contributed by atoms with E-state index in [1.165, 1.54) is 7.11 Å². The van der Waals surface area contributed by atoms with Gasteiger partial charge in [-0.3, -0.25) is 4.79 Å². The largest absolute Gasteiger partial charge is 0.469 e. The molecule has 13 heavy (non-hydrogen) atoms. The predicted molar refractivity (Wildman–Crippen MR) is 48.2 cm³/mol. The molecule has 0 bridgehead atoms. The van der Waals surface area contributed by atoms with Gasteiger partial charge in [-0.25, -0.2) is 0 Å². The Labute approximate surface area is 78.5 Å². The van der Waals surface area contributed by atoms with Crippen LogP contribution in [-0.2, 0) is 9.53 Å². The van der Waals surface area contributed by atoms with Crippen LogP contribution in [0.1, 0.15) is 12.8 Å². The van der Waals surface area contributed by atoms with Gasteiger partial charge < -0.3 is 14.7 Å². The molecule has 1 fully saturated rings. The lowest BCUT2D eigenvalue weighted by Gasteiger charge is -2.16. The Bertz CT molecular complexity index is 184. The van der Waals surface area contributed by atoms with Crippen LogP contribution < -0.4 is 0 Å². The van der Waals surface area contributed by atoms with Gasteiger partial charge in [0.15, 0.2) is 0 Å². The van der Waals surface area contributed by atoms with Gasteiger partial charge >= 0.3 is 5.97 Å². The highest BCUT2D eigenvalue weighted by Crippen LogP contribution is 2.18. The standard InChI is InChI=1S/C9H17NO3/c1-10-5-3-7(9(12)13-2)8(11)4-6-10/h7-8,11H,3-6H2,1-2H3/t7-,8+/m0/s1. The summed E-state index contributed by atoms with van der Waals surface area (Å²) in [6.45, 7) is 1.69. The normalized spacial score (nSPS) is 31.0. The predicted octanol–water partition coefficient (Wildman–Crippen LogP) is -0.138. The maximum atomic E-state index is 11.2. The van der Waals surface area contributed by atoms with E-state index in [-0.39, 0.29) is 11.9 Å². The number of likely N-dealkylation sites (tertiary alicyclic amines) is 1. The van der Waals surface area contributed by atoms with Crippen molar-refractivity contribution in [3.05, 3.63) is 0 Å². The molecule has 0 spiro atoms. The molecule has 1 N–H and O–H groups in total. The van der Waals surface area contributed by atoms with Gasteiger partial charge in [-0.15, -0.1) is 0 Å². The summed E-state index contributed by atoms with van der Waals surface area (Å²) in [7, 11) is 3.36. The molecule has 2 atom stereocenters. The first-order valence-corrected chi connectivity index (χ1v) is 4.59. The van der Waals surface area contributed by atoms with Crippen LogP contribution in [0.5, 0.6) is 0 Å². The van der Waals surface area contributed by atoms with Crippen LogP contribution in [0.25, 0.3) is 0 Å². The van der Waals surface area contributed by atoms with E-state index in [1.807, 2.05) is 7.05 Å². The molecule has 0 radical (unpaired) electrons. The number of hydrogen-bond acceptors (Lipinski definition) is 4. The van der Waals surface area contributed by atoms with E-state index >= 15 is 0 Å². The second-order valence-electron chi connectivity index (χ2n) is 3.58. The molecule has 1 rings (SSSR count). The van der Waals surface area contributed by atoms with Gasteiger partial charge in [-0.1, -0.05) is 0 Å². The molecule has 0 aliphatic carbocycles. The Morgan fingerprint density at radius 2 is 2.08 bits per heavy atom. The van der Waals surface area contributed by atoms with Gasteiger partial charge in [-0.05, 0) is 26.4 Å². The molecule has 0 amide bonds. The van der Waals surface area contributed by atoms with Crippen LogP contribution in [-0.4, -0.2) is 49.3 Å². The molecule has 4 heteroatoms. The zero-order chi connectivity index (χ0) is 9.84. The summed E-state index contributed by atoms with van der Waals surface area (Å²) >= 11 is 0. The van der Waals surface area contributed by atoms with E-state index in [0.717, 1.165) is 13.1 Å². The maximum absolute atomic E-state index is 11.2. The second kappa shape index (κ2) is 4.58. The number of carbonyl (C=O) groups excluding carboxylic acids is 1. The summed E-state index contributed by atoms with van der Waals surface area (Å²) in [5.41, 5.74) is 0. The van der Waals surface area contributed by atoms with E-state index in [4.69, 9.17) is 0 Å². The SMILES string of the molecule is COC(=O)[C@H]1CCN(C)CC[C@H]1O. The molecular weight excluding hydrogens is 170 g/mol. The van der Waals surface area contributed by atoms with Crippen molar-refractivity contribution >= 4 is 5.97 Å². The topological polar surface area (TPSA) is 49.8 Å². The van der Waals surface area contributed by atoms with Gasteiger partial charge in [-0.2, -0.15) is 0 Å². The third-order valence-corrected chi connectivity index (χ3v) is 2.60. The van der Waals surface area contributed by atoms with E-state index in [2.05, 4.69) is 9.64 Å². The van der Waals surface area contributed by atoms with Crippen molar-refractivity contribution in [3.8, 4) is 0 Å². The van der Waals surface area contributed by atoms with Crippen molar-refractivity contribution in [3.63, 3.8) is 0 Å². The molecule has 1 heterocycles. The van der Waals surface area contributed by atoms with E-state index < -0.39 is 6.10 Å². The zero-order valence-corrected chi connectivity index (χ0v) is 8.19. The van der Waals surface area contributed by atoms with Crippen LogP contribution in [0.15, 0.2) is 0 Å². The highest BCUT2D eigenvalue weighted by Gasteiger charge is 2.29. The summed E-state index contributed by atoms with van der Waals surface area (Å²) in [5.74, 6) is -0.627. The fourth-order valence-electron chi connectivity index (χ4n) is 1.64. The van der Waals surface area contributed by atoms with Crippen molar-refractivity contribution in [1.82, 2.24) is 4.90 Å². The number of methoxy groups -OCH3 is 1.